The van der Waals surface area contributed by atoms with E-state index >= 15 is 0 Å². The second kappa shape index (κ2) is 7.09. The van der Waals surface area contributed by atoms with E-state index in [1.54, 1.807) is 13.0 Å². The topological polar surface area (TPSA) is 41.1 Å². The van der Waals surface area contributed by atoms with Crippen LogP contribution in [0.2, 0.25) is 5.02 Å². The summed E-state index contributed by atoms with van der Waals surface area (Å²) in [6.07, 6.45) is 0.430. The molecule has 21 heavy (non-hydrogen) atoms. The number of hydrogen-bond donors (Lipinski definition) is 2. The minimum Gasteiger partial charge on any atom is -0.381 e. The Labute approximate surface area is 128 Å². The second-order valence-corrected chi connectivity index (χ2v) is 5.05. The van der Waals surface area contributed by atoms with Crippen LogP contribution >= 0.6 is 11.6 Å². The Morgan fingerprint density at radius 3 is 2.67 bits per heavy atom. The zero-order chi connectivity index (χ0) is 15.2. The van der Waals surface area contributed by atoms with Gasteiger partial charge in [0.25, 0.3) is 0 Å². The molecule has 0 aromatic heterocycles. The summed E-state index contributed by atoms with van der Waals surface area (Å²) < 4.78 is 13.2. The Balaban J connectivity index is 2.02. The summed E-state index contributed by atoms with van der Waals surface area (Å²) in [5.41, 5.74) is 2.32. The summed E-state index contributed by atoms with van der Waals surface area (Å²) in [7, 11) is 0. The van der Waals surface area contributed by atoms with Gasteiger partial charge >= 0.3 is 0 Å². The molecule has 1 amide bonds. The molecule has 2 N–H and O–H groups in total. The van der Waals surface area contributed by atoms with Gasteiger partial charge in [-0.15, -0.1) is 0 Å². The molecule has 0 aliphatic carbocycles. The minimum atomic E-state index is -0.358. The first kappa shape index (κ1) is 15.3. The summed E-state index contributed by atoms with van der Waals surface area (Å²) in [6.45, 7) is 2.24. The van der Waals surface area contributed by atoms with Gasteiger partial charge in [0.15, 0.2) is 0 Å². The lowest BCUT2D eigenvalue weighted by atomic mass is 10.2. The maximum atomic E-state index is 13.2. The Hall–Kier alpha value is -2.07. The predicted molar refractivity (Wildman–Crippen MR) is 84.1 cm³/mol. The first-order chi connectivity index (χ1) is 10.1. The fourth-order valence-electron chi connectivity index (χ4n) is 1.87. The smallest absolute Gasteiger partial charge is 0.224 e. The van der Waals surface area contributed by atoms with E-state index < -0.39 is 0 Å². The molecule has 0 atom stereocenters. The van der Waals surface area contributed by atoms with Crippen molar-refractivity contribution in [3.63, 3.8) is 0 Å². The molecule has 110 valence electrons. The van der Waals surface area contributed by atoms with Crippen LogP contribution in [0.25, 0.3) is 0 Å². The van der Waals surface area contributed by atoms with Crippen LogP contribution in [-0.4, -0.2) is 5.91 Å². The third-order valence-electron chi connectivity index (χ3n) is 2.89. The van der Waals surface area contributed by atoms with E-state index in [9.17, 15) is 9.18 Å². The number of anilines is 2. The van der Waals surface area contributed by atoms with E-state index in [2.05, 4.69) is 10.6 Å². The van der Waals surface area contributed by atoms with Crippen LogP contribution in [-0.2, 0) is 11.3 Å². The van der Waals surface area contributed by atoms with E-state index in [1.165, 1.54) is 12.1 Å². The average molecular weight is 307 g/mol. The first-order valence-electron chi connectivity index (χ1n) is 6.65. The third-order valence-corrected chi connectivity index (χ3v) is 3.10. The van der Waals surface area contributed by atoms with Crippen molar-refractivity contribution in [2.45, 2.75) is 19.9 Å². The number of carbonyl (C=O) groups excluding carboxylic acids is 1. The highest BCUT2D eigenvalue weighted by molar-refractivity contribution is 6.30. The van der Waals surface area contributed by atoms with Crippen molar-refractivity contribution in [2.24, 2.45) is 0 Å². The quantitative estimate of drug-likeness (QED) is 0.857. The fourth-order valence-corrected chi connectivity index (χ4v) is 2.12. The van der Waals surface area contributed by atoms with Crippen LogP contribution in [0.1, 0.15) is 18.9 Å². The van der Waals surface area contributed by atoms with Crippen LogP contribution in [0.5, 0.6) is 0 Å². The lowest BCUT2D eigenvalue weighted by Crippen LogP contribution is -2.09. The summed E-state index contributed by atoms with van der Waals surface area (Å²) in [5, 5.41) is 6.33. The van der Waals surface area contributed by atoms with Crippen molar-refractivity contribution in [3.05, 3.63) is 58.9 Å². The van der Waals surface area contributed by atoms with Gasteiger partial charge in [-0.2, -0.15) is 0 Å². The fraction of sp³-hybridized carbons (Fsp3) is 0.188. The highest BCUT2D eigenvalue weighted by Gasteiger charge is 2.02. The van der Waals surface area contributed by atoms with Crippen LogP contribution in [0.3, 0.4) is 0 Å². The number of halogens is 2. The molecule has 0 heterocycles. The maximum absolute atomic E-state index is 13.2. The minimum absolute atomic E-state index is 0.0379. The summed E-state index contributed by atoms with van der Waals surface area (Å²) in [6, 6.07) is 11.8. The third kappa shape index (κ3) is 4.76. The van der Waals surface area contributed by atoms with Crippen molar-refractivity contribution in [1.29, 1.82) is 0 Å². The Kier molecular flexibility index (Phi) is 5.17. The average Bonchev–Trinajstić information content (AvgIpc) is 2.44. The summed E-state index contributed by atoms with van der Waals surface area (Å²) >= 11 is 5.82. The molecule has 0 fully saturated rings. The molecule has 0 radical (unpaired) electrons. The first-order valence-corrected chi connectivity index (χ1v) is 7.03. The molecule has 0 spiro atoms. The maximum Gasteiger partial charge on any atom is 0.224 e. The van der Waals surface area contributed by atoms with Crippen LogP contribution < -0.4 is 10.6 Å². The number of hydrogen-bond acceptors (Lipinski definition) is 2. The molecule has 0 aliphatic rings. The van der Waals surface area contributed by atoms with Gasteiger partial charge in [-0.1, -0.05) is 24.6 Å². The molecule has 0 aliphatic heterocycles. The Morgan fingerprint density at radius 2 is 1.95 bits per heavy atom. The number of rotatable bonds is 5. The highest BCUT2D eigenvalue weighted by Crippen LogP contribution is 2.18. The lowest BCUT2D eigenvalue weighted by molar-refractivity contribution is -0.115. The zero-order valence-corrected chi connectivity index (χ0v) is 12.4. The summed E-state index contributed by atoms with van der Waals surface area (Å²) in [4.78, 5) is 11.4. The van der Waals surface area contributed by atoms with E-state index in [0.717, 1.165) is 16.9 Å². The number of benzene rings is 2. The highest BCUT2D eigenvalue weighted by atomic mass is 35.5. The molecule has 3 nitrogen and oxygen atoms in total. The van der Waals surface area contributed by atoms with E-state index in [1.807, 2.05) is 24.3 Å². The molecule has 0 unspecified atom stereocenters. The largest absolute Gasteiger partial charge is 0.381 e. The standard InChI is InChI=1S/C16H16ClFN2O/c1-2-16(21)20-15-5-3-4-14(9-15)19-10-11-6-12(17)8-13(18)7-11/h3-9,19H,2,10H2,1H3,(H,20,21). The van der Waals surface area contributed by atoms with Gasteiger partial charge in [0.2, 0.25) is 5.91 Å². The van der Waals surface area contributed by atoms with Crippen LogP contribution in [0.4, 0.5) is 15.8 Å². The molecule has 2 aromatic carbocycles. The van der Waals surface area contributed by atoms with Gasteiger partial charge in [0.1, 0.15) is 5.82 Å². The van der Waals surface area contributed by atoms with Gasteiger partial charge in [-0.25, -0.2) is 4.39 Å². The zero-order valence-electron chi connectivity index (χ0n) is 11.6. The van der Waals surface area contributed by atoms with E-state index in [4.69, 9.17) is 11.6 Å². The number of nitrogens with one attached hydrogen (secondary N) is 2. The molecule has 0 saturated heterocycles. The van der Waals surface area contributed by atoms with Gasteiger partial charge in [0, 0.05) is 29.4 Å². The second-order valence-electron chi connectivity index (χ2n) is 4.61. The Morgan fingerprint density at radius 1 is 1.19 bits per heavy atom. The number of amides is 1. The van der Waals surface area contributed by atoms with Gasteiger partial charge in [-0.3, -0.25) is 4.79 Å². The van der Waals surface area contributed by atoms with E-state index in [-0.39, 0.29) is 11.7 Å². The molecule has 0 bridgehead atoms. The van der Waals surface area contributed by atoms with Crippen LogP contribution in [0, 0.1) is 5.82 Å². The summed E-state index contributed by atoms with van der Waals surface area (Å²) in [5.74, 6) is -0.396. The van der Waals surface area contributed by atoms with Crippen molar-refractivity contribution in [3.8, 4) is 0 Å². The lowest BCUT2D eigenvalue weighted by Gasteiger charge is -2.10. The molecule has 5 heteroatoms. The van der Waals surface area contributed by atoms with Crippen molar-refractivity contribution >= 4 is 28.9 Å². The van der Waals surface area contributed by atoms with Crippen molar-refractivity contribution < 1.29 is 9.18 Å². The Bertz CT molecular complexity index is 626. The SMILES string of the molecule is CCC(=O)Nc1cccc(NCc2cc(F)cc(Cl)c2)c1. The molecular formula is C16H16ClFN2O. The predicted octanol–water partition coefficient (Wildman–Crippen LogP) is 4.44. The molecule has 2 aromatic rings. The van der Waals surface area contributed by atoms with Gasteiger partial charge < -0.3 is 10.6 Å². The van der Waals surface area contributed by atoms with Gasteiger partial charge in [0.05, 0.1) is 0 Å². The van der Waals surface area contributed by atoms with Crippen molar-refractivity contribution in [2.75, 3.05) is 10.6 Å². The van der Waals surface area contributed by atoms with E-state index in [0.29, 0.717) is 18.0 Å². The van der Waals surface area contributed by atoms with Crippen molar-refractivity contribution in [1.82, 2.24) is 0 Å². The molecule has 0 saturated carbocycles. The van der Waals surface area contributed by atoms with Gasteiger partial charge in [-0.05, 0) is 42.0 Å². The molecular weight excluding hydrogens is 291 g/mol. The van der Waals surface area contributed by atoms with Crippen LogP contribution in [0.15, 0.2) is 42.5 Å². The monoisotopic (exact) mass is 306 g/mol. The number of carbonyl (C=O) groups is 1. The normalized spacial score (nSPS) is 10.2. The molecule has 2 rings (SSSR count).